The van der Waals surface area contributed by atoms with Gasteiger partial charge in [0, 0.05) is 81.0 Å². The van der Waals surface area contributed by atoms with Crippen LogP contribution in [0.5, 0.6) is 0 Å². The van der Waals surface area contributed by atoms with Gasteiger partial charge in [0.15, 0.2) is 0 Å². The smallest absolute Gasteiger partial charge is 0.411 e. The molecule has 2 aromatic carbocycles. The van der Waals surface area contributed by atoms with Gasteiger partial charge in [0.25, 0.3) is 0 Å². The first-order valence-electron chi connectivity index (χ1n) is 19.6. The number of nitrogens with one attached hydrogen (secondary N) is 4. The molecule has 2 fully saturated rings. The largest absolute Gasteiger partial charge is 0.444 e. The van der Waals surface area contributed by atoms with Crippen molar-refractivity contribution in [3.05, 3.63) is 96.1 Å². The van der Waals surface area contributed by atoms with E-state index in [4.69, 9.17) is 9.47 Å². The van der Waals surface area contributed by atoms with Gasteiger partial charge in [0.2, 0.25) is 11.8 Å². The Morgan fingerprint density at radius 2 is 1.28 bits per heavy atom. The number of hydrogen-bond donors (Lipinski definition) is 4. The van der Waals surface area contributed by atoms with Crippen LogP contribution in [0.15, 0.2) is 73.6 Å². The summed E-state index contributed by atoms with van der Waals surface area (Å²) in [6.07, 6.45) is 6.08. The van der Waals surface area contributed by atoms with Crippen LogP contribution < -0.4 is 21.3 Å². The monoisotopic (exact) mass is 798 g/mol. The van der Waals surface area contributed by atoms with Crippen LogP contribution >= 0.6 is 0 Å². The van der Waals surface area contributed by atoms with Gasteiger partial charge in [-0.1, -0.05) is 24.3 Å². The van der Waals surface area contributed by atoms with E-state index in [1.54, 1.807) is 60.1 Å². The maximum absolute atomic E-state index is 13.4. The number of benzene rings is 2. The van der Waals surface area contributed by atoms with E-state index >= 15 is 0 Å². The lowest BCUT2D eigenvalue weighted by Gasteiger charge is -2.41. The molecule has 2 atom stereocenters. The highest BCUT2D eigenvalue weighted by Crippen LogP contribution is 2.21. The Morgan fingerprint density at radius 1 is 0.741 bits per heavy atom. The number of imidazole rings is 2. The van der Waals surface area contributed by atoms with E-state index in [9.17, 15) is 19.2 Å². The van der Waals surface area contributed by atoms with E-state index in [2.05, 4.69) is 41.9 Å². The second kappa shape index (κ2) is 19.1. The van der Waals surface area contributed by atoms with Crippen LogP contribution in [0.25, 0.3) is 0 Å². The van der Waals surface area contributed by atoms with E-state index in [-0.39, 0.29) is 31.6 Å². The molecule has 4 amide bonds. The second-order valence-electron chi connectivity index (χ2n) is 16.5. The molecule has 2 aliphatic rings. The third-order valence-electron chi connectivity index (χ3n) is 9.26. The predicted molar refractivity (Wildman–Crippen MR) is 221 cm³/mol. The van der Waals surface area contributed by atoms with Crippen molar-refractivity contribution in [2.24, 2.45) is 0 Å². The number of ether oxygens (including phenoxy) is 2. The van der Waals surface area contributed by atoms with E-state index in [1.807, 2.05) is 67.3 Å². The van der Waals surface area contributed by atoms with Crippen molar-refractivity contribution in [1.29, 1.82) is 0 Å². The van der Waals surface area contributed by atoms with Gasteiger partial charge in [-0.2, -0.15) is 0 Å². The molecule has 2 unspecified atom stereocenters. The molecule has 4 aromatic rings. The number of aryl methyl sites for hydroxylation is 2. The van der Waals surface area contributed by atoms with Crippen LogP contribution in [-0.4, -0.2) is 115 Å². The third kappa shape index (κ3) is 12.9. The molecule has 58 heavy (non-hydrogen) atoms. The minimum atomic E-state index is -0.944. The summed E-state index contributed by atoms with van der Waals surface area (Å²) in [4.78, 5) is 62.4. The normalized spacial score (nSPS) is 17.1. The van der Waals surface area contributed by atoms with Crippen LogP contribution in [0, 0.1) is 13.8 Å². The van der Waals surface area contributed by atoms with Gasteiger partial charge in [-0.25, -0.2) is 19.6 Å². The summed E-state index contributed by atoms with van der Waals surface area (Å²) in [5.74, 6) is -0.409. The summed E-state index contributed by atoms with van der Waals surface area (Å²) in [5.41, 5.74) is 4.28. The summed E-state index contributed by atoms with van der Waals surface area (Å²) in [7, 11) is 0. The van der Waals surface area contributed by atoms with Gasteiger partial charge in [0.1, 0.15) is 17.2 Å². The van der Waals surface area contributed by atoms with Crippen LogP contribution in [0.4, 0.5) is 21.0 Å². The first kappa shape index (κ1) is 43.4. The summed E-state index contributed by atoms with van der Waals surface area (Å²) in [5, 5.41) is 12.3. The maximum Gasteiger partial charge on any atom is 0.411 e. The highest BCUT2D eigenvalue weighted by atomic mass is 16.6. The number of aromatic nitrogens is 4. The molecule has 2 aliphatic heterocycles. The van der Waals surface area contributed by atoms with Gasteiger partial charge in [-0.3, -0.25) is 14.5 Å². The van der Waals surface area contributed by atoms with Crippen molar-refractivity contribution in [3.8, 4) is 0 Å². The number of hydrogen-bond acceptors (Lipinski definition) is 10. The fraction of sp³-hybridized carbons (Fsp3) is 0.476. The van der Waals surface area contributed by atoms with Gasteiger partial charge >= 0.3 is 12.2 Å². The zero-order valence-corrected chi connectivity index (χ0v) is 34.9. The summed E-state index contributed by atoms with van der Waals surface area (Å²) >= 11 is 0. The molecule has 0 spiro atoms. The van der Waals surface area contributed by atoms with E-state index in [1.165, 1.54) is 9.80 Å². The van der Waals surface area contributed by atoms with Gasteiger partial charge in [-0.15, -0.1) is 0 Å². The molecule has 6 rings (SSSR count). The van der Waals surface area contributed by atoms with Crippen LogP contribution in [0.2, 0.25) is 0 Å². The molecule has 312 valence electrons. The topological polar surface area (TPSA) is 177 Å². The van der Waals surface area contributed by atoms with Crippen LogP contribution in [0.3, 0.4) is 0 Å². The van der Waals surface area contributed by atoms with Crippen molar-refractivity contribution >= 4 is 35.4 Å². The maximum atomic E-state index is 13.4. The molecule has 2 saturated heterocycles. The molecule has 2 aromatic heterocycles. The standard InChI is InChI=1S/C26H37N5O5.C16H21N5O/c1-18-14-27-17-30(18)15-19-9-8-10-20(13-19)28-22(32)21-16-29(23(33)35-25(2,3)4)11-12-31(21)24(34)36-26(5,6)7;1-12-8-18-11-21(12)10-13-3-2-4-14(7-13)20-16(22)15-9-17-5-6-19-15/h8-10,13-14,17,21H,11-12,15-16H2,1-7H3,(H,28,32);2-4,7-8,11,15,17,19H,5-6,9-10H2,1H3,(H,20,22). The highest BCUT2D eigenvalue weighted by Gasteiger charge is 2.40. The number of nitrogens with zero attached hydrogens (tertiary/aromatic N) is 6. The van der Waals surface area contributed by atoms with Crippen molar-refractivity contribution in [1.82, 2.24) is 39.5 Å². The molecule has 0 radical (unpaired) electrons. The lowest BCUT2D eigenvalue weighted by atomic mass is 10.1. The Labute approximate surface area is 340 Å². The Bertz CT molecular complexity index is 2020. The molecule has 0 bridgehead atoms. The van der Waals surface area contributed by atoms with Crippen molar-refractivity contribution < 1.29 is 28.7 Å². The van der Waals surface area contributed by atoms with Gasteiger partial charge < -0.3 is 44.8 Å². The average molecular weight is 799 g/mol. The van der Waals surface area contributed by atoms with Gasteiger partial charge in [0.05, 0.1) is 25.2 Å². The zero-order valence-electron chi connectivity index (χ0n) is 34.9. The number of carbonyl (C=O) groups is 4. The van der Waals surface area contributed by atoms with Gasteiger partial charge in [-0.05, 0) is 90.8 Å². The zero-order chi connectivity index (χ0) is 42.0. The predicted octanol–water partition coefficient (Wildman–Crippen LogP) is 4.77. The molecule has 16 heteroatoms. The quantitative estimate of drug-likeness (QED) is 0.194. The molecule has 16 nitrogen and oxygen atoms in total. The summed E-state index contributed by atoms with van der Waals surface area (Å²) < 4.78 is 15.1. The number of piperazine rings is 2. The van der Waals surface area contributed by atoms with Crippen molar-refractivity contribution in [2.45, 2.75) is 91.8 Å². The Hall–Kier alpha value is -5.74. The van der Waals surface area contributed by atoms with E-state index < -0.39 is 35.3 Å². The minimum Gasteiger partial charge on any atom is -0.444 e. The molecular weight excluding hydrogens is 741 g/mol. The lowest BCUT2D eigenvalue weighted by molar-refractivity contribution is -0.123. The van der Waals surface area contributed by atoms with Crippen molar-refractivity contribution in [3.63, 3.8) is 0 Å². The first-order valence-corrected chi connectivity index (χ1v) is 19.6. The van der Waals surface area contributed by atoms with Crippen LogP contribution in [-0.2, 0) is 32.2 Å². The average Bonchev–Trinajstić information content (AvgIpc) is 3.76. The Morgan fingerprint density at radius 3 is 1.76 bits per heavy atom. The molecule has 0 saturated carbocycles. The molecule has 4 N–H and O–H groups in total. The lowest BCUT2D eigenvalue weighted by Crippen LogP contribution is -2.61. The number of amides is 4. The Kier molecular flexibility index (Phi) is 14.3. The SMILES string of the molecule is Cc1cncn1Cc1cccc(NC(=O)C2CN(C(=O)OC(C)(C)C)CCN2C(=O)OC(C)(C)C)c1.Cc1cncn1Cc1cccc(NC(=O)C2CNCCN2)c1. The number of rotatable bonds is 8. The fourth-order valence-electron chi connectivity index (χ4n) is 6.33. The minimum absolute atomic E-state index is 0.00293. The molecule has 0 aliphatic carbocycles. The van der Waals surface area contributed by atoms with Crippen molar-refractivity contribution in [2.75, 3.05) is 49.9 Å². The Balaban J connectivity index is 0.000000247. The number of carbonyl (C=O) groups excluding carboxylic acids is 4. The summed E-state index contributed by atoms with van der Waals surface area (Å²) in [6, 6.07) is 14.3. The fourth-order valence-corrected chi connectivity index (χ4v) is 6.33. The number of anilines is 2. The second-order valence-corrected chi connectivity index (χ2v) is 16.5. The molecule has 4 heterocycles. The van der Waals surface area contributed by atoms with E-state index in [0.717, 1.165) is 47.8 Å². The first-order chi connectivity index (χ1) is 27.4. The molecular formula is C42H58N10O6. The van der Waals surface area contributed by atoms with Crippen LogP contribution in [0.1, 0.15) is 64.1 Å². The summed E-state index contributed by atoms with van der Waals surface area (Å²) in [6.45, 7) is 18.8. The van der Waals surface area contributed by atoms with E-state index in [0.29, 0.717) is 18.8 Å². The third-order valence-corrected chi connectivity index (χ3v) is 9.26. The highest BCUT2D eigenvalue weighted by molar-refractivity contribution is 5.97.